The van der Waals surface area contributed by atoms with Gasteiger partial charge in [0, 0.05) is 25.8 Å². The third kappa shape index (κ3) is 4.01. The van der Waals surface area contributed by atoms with Crippen LogP contribution in [0.2, 0.25) is 5.02 Å². The maximum absolute atomic E-state index is 13.6. The molecule has 2 aromatic rings. The van der Waals surface area contributed by atoms with E-state index in [1.807, 2.05) is 0 Å². The zero-order chi connectivity index (χ0) is 25.0. The number of carbonyl (C=O) groups excluding carboxylic acids is 4. The number of carbonyl (C=O) groups is 4. The molecule has 2 bridgehead atoms. The second kappa shape index (κ2) is 9.33. The van der Waals surface area contributed by atoms with Gasteiger partial charge in [0.15, 0.2) is 5.78 Å². The van der Waals surface area contributed by atoms with E-state index in [1.54, 1.807) is 36.4 Å². The number of methoxy groups -OCH3 is 1. The minimum atomic E-state index is -0.627. The fraction of sp³-hybridized carbons (Fsp3) is 0.360. The highest BCUT2D eigenvalue weighted by Gasteiger charge is 2.67. The molecule has 3 amide bonds. The first-order chi connectivity index (χ1) is 16.7. The lowest BCUT2D eigenvalue weighted by Gasteiger charge is -2.31. The molecule has 0 N–H and O–H groups in total. The van der Waals surface area contributed by atoms with Gasteiger partial charge in [0.1, 0.15) is 12.3 Å². The molecule has 0 unspecified atom stereocenters. The number of fused-ring (bicyclic) bond motifs is 5. The van der Waals surface area contributed by atoms with Crippen molar-refractivity contribution < 1.29 is 23.9 Å². The Hall–Kier alpha value is -2.23. The summed E-state index contributed by atoms with van der Waals surface area (Å²) in [6.07, 6.45) is 0.764. The molecule has 3 aliphatic rings. The average molecular weight is 625 g/mol. The standard InChI is InChI=1S/C25H21Br2ClN2O5/c1-35-15-4-2-3-13(9-15)18(31)11-29(23(32)12-5-7-14(28)8-6-12)30-24(33)19-16-10-17(20(19)25(30)34)22(27)21(16)26/h2-9,16-17,19-22H,10-11H2,1H3/t16-,17-,19-,20-,21+,22+/m1/s1. The van der Waals surface area contributed by atoms with Crippen LogP contribution < -0.4 is 4.74 Å². The van der Waals surface area contributed by atoms with Gasteiger partial charge in [0.05, 0.1) is 18.9 Å². The first-order valence-corrected chi connectivity index (χ1v) is 13.3. The van der Waals surface area contributed by atoms with Crippen LogP contribution in [-0.2, 0) is 9.59 Å². The molecule has 0 aromatic heterocycles. The molecule has 2 aromatic carbocycles. The lowest BCUT2D eigenvalue weighted by atomic mass is 9.81. The SMILES string of the molecule is COc1cccc(C(=O)CN(C(=O)c2ccc(Cl)cc2)N2C(=O)[C@@H]3[C@H]4C[C@@H]([C@H](Br)[C@H]4Br)[C@H]3C2=O)c1. The van der Waals surface area contributed by atoms with Crippen molar-refractivity contribution >= 4 is 67.0 Å². The van der Waals surface area contributed by atoms with Crippen LogP contribution in [0.3, 0.4) is 0 Å². The molecule has 1 saturated heterocycles. The molecule has 2 saturated carbocycles. The van der Waals surface area contributed by atoms with Gasteiger partial charge in [-0.3, -0.25) is 19.2 Å². The molecule has 0 spiro atoms. The van der Waals surface area contributed by atoms with Crippen LogP contribution in [0, 0.1) is 23.7 Å². The summed E-state index contributed by atoms with van der Waals surface area (Å²) < 4.78 is 5.20. The smallest absolute Gasteiger partial charge is 0.273 e. The van der Waals surface area contributed by atoms with E-state index in [0.29, 0.717) is 16.3 Å². The molecule has 7 nitrogen and oxygen atoms in total. The summed E-state index contributed by atoms with van der Waals surface area (Å²) in [6, 6.07) is 12.6. The predicted octanol–water partition coefficient (Wildman–Crippen LogP) is 4.37. The van der Waals surface area contributed by atoms with Gasteiger partial charge < -0.3 is 4.74 Å². The number of hydrogen-bond donors (Lipinski definition) is 0. The van der Waals surface area contributed by atoms with Crippen molar-refractivity contribution in [2.75, 3.05) is 13.7 Å². The summed E-state index contributed by atoms with van der Waals surface area (Å²) in [5, 5.41) is 2.33. The van der Waals surface area contributed by atoms with E-state index in [9.17, 15) is 19.2 Å². The molecule has 3 fully saturated rings. The number of ether oxygens (including phenoxy) is 1. The molecule has 1 aliphatic heterocycles. The number of halogens is 3. The van der Waals surface area contributed by atoms with Crippen LogP contribution >= 0.6 is 43.5 Å². The van der Waals surface area contributed by atoms with E-state index in [2.05, 4.69) is 31.9 Å². The number of hydrogen-bond acceptors (Lipinski definition) is 5. The maximum Gasteiger partial charge on any atom is 0.273 e. The second-order valence-corrected chi connectivity index (χ2v) is 11.6. The number of hydrazine groups is 1. The molecule has 1 heterocycles. The summed E-state index contributed by atoms with van der Waals surface area (Å²) in [5.74, 6) is -2.50. The molecule has 35 heavy (non-hydrogen) atoms. The summed E-state index contributed by atoms with van der Waals surface area (Å²) in [4.78, 5) is 54.2. The largest absolute Gasteiger partial charge is 0.497 e. The predicted molar refractivity (Wildman–Crippen MR) is 136 cm³/mol. The number of alkyl halides is 2. The number of Topliss-reactive ketones (excluding diaryl/α,β-unsaturated/α-hetero) is 1. The lowest BCUT2D eigenvalue weighted by molar-refractivity contribution is -0.154. The van der Waals surface area contributed by atoms with E-state index in [4.69, 9.17) is 16.3 Å². The van der Waals surface area contributed by atoms with Gasteiger partial charge in [-0.05, 0) is 54.7 Å². The van der Waals surface area contributed by atoms with Crippen molar-refractivity contribution in [3.05, 3.63) is 64.7 Å². The summed E-state index contributed by atoms with van der Waals surface area (Å²) in [5.41, 5.74) is 0.517. The quantitative estimate of drug-likeness (QED) is 0.271. The van der Waals surface area contributed by atoms with Crippen molar-refractivity contribution in [3.8, 4) is 5.75 Å². The number of ketones is 1. The molecule has 2 aliphatic carbocycles. The van der Waals surface area contributed by atoms with Crippen LogP contribution in [0.15, 0.2) is 48.5 Å². The van der Waals surface area contributed by atoms with Gasteiger partial charge in [-0.2, -0.15) is 5.01 Å². The van der Waals surface area contributed by atoms with Gasteiger partial charge in [0.25, 0.3) is 17.7 Å². The van der Waals surface area contributed by atoms with E-state index >= 15 is 0 Å². The number of imide groups is 1. The minimum absolute atomic E-state index is 0.0163. The third-order valence-corrected chi connectivity index (χ3v) is 10.7. The molecular formula is C25H21Br2ClN2O5. The Balaban J connectivity index is 1.50. The average Bonchev–Trinajstić information content (AvgIpc) is 3.47. The molecule has 6 atom stereocenters. The van der Waals surface area contributed by atoms with Gasteiger partial charge >= 0.3 is 0 Å². The first kappa shape index (κ1) is 24.5. The van der Waals surface area contributed by atoms with E-state index < -0.39 is 41.9 Å². The van der Waals surface area contributed by atoms with Crippen LogP contribution in [0.5, 0.6) is 5.75 Å². The maximum atomic E-state index is 13.6. The Labute approximate surface area is 224 Å². The third-order valence-electron chi connectivity index (χ3n) is 7.22. The first-order valence-electron chi connectivity index (χ1n) is 11.1. The Morgan fingerprint density at radius 1 is 1.00 bits per heavy atom. The number of nitrogens with zero attached hydrogens (tertiary/aromatic N) is 2. The number of amides is 3. The molecule has 10 heteroatoms. The number of benzene rings is 2. The highest BCUT2D eigenvalue weighted by molar-refractivity contribution is 9.12. The topological polar surface area (TPSA) is 84.0 Å². The zero-order valence-electron chi connectivity index (χ0n) is 18.6. The van der Waals surface area contributed by atoms with E-state index in [0.717, 1.165) is 16.4 Å². The summed E-state index contributed by atoms with van der Waals surface area (Å²) in [7, 11) is 1.49. The van der Waals surface area contributed by atoms with Crippen LogP contribution in [-0.4, -0.2) is 56.8 Å². The Kier molecular flexibility index (Phi) is 6.52. The van der Waals surface area contributed by atoms with Crippen molar-refractivity contribution in [2.24, 2.45) is 23.7 Å². The Morgan fingerprint density at radius 2 is 1.60 bits per heavy atom. The van der Waals surface area contributed by atoms with Crippen molar-refractivity contribution in [3.63, 3.8) is 0 Å². The summed E-state index contributed by atoms with van der Waals surface area (Å²) in [6.45, 7) is -0.476. The fourth-order valence-corrected chi connectivity index (χ4v) is 7.57. The lowest BCUT2D eigenvalue weighted by Crippen LogP contribution is -2.52. The molecule has 182 valence electrons. The minimum Gasteiger partial charge on any atom is -0.497 e. The van der Waals surface area contributed by atoms with Gasteiger partial charge in [-0.1, -0.05) is 55.6 Å². The van der Waals surface area contributed by atoms with Crippen molar-refractivity contribution in [2.45, 2.75) is 16.1 Å². The normalized spacial score (nSPS) is 28.9. The Morgan fingerprint density at radius 3 is 2.17 bits per heavy atom. The molecule has 5 rings (SSSR count). The second-order valence-electron chi connectivity index (χ2n) is 9.02. The van der Waals surface area contributed by atoms with Gasteiger partial charge in [-0.25, -0.2) is 5.01 Å². The van der Waals surface area contributed by atoms with E-state index in [1.165, 1.54) is 19.2 Å². The monoisotopic (exact) mass is 622 g/mol. The zero-order valence-corrected chi connectivity index (χ0v) is 22.5. The number of rotatable bonds is 6. The molecule has 0 radical (unpaired) electrons. The van der Waals surface area contributed by atoms with Crippen molar-refractivity contribution in [1.29, 1.82) is 0 Å². The summed E-state index contributed by atoms with van der Waals surface area (Å²) >= 11 is 13.3. The molecular weight excluding hydrogens is 604 g/mol. The van der Waals surface area contributed by atoms with Crippen LogP contribution in [0.1, 0.15) is 27.1 Å². The van der Waals surface area contributed by atoms with Crippen molar-refractivity contribution in [1.82, 2.24) is 10.0 Å². The highest BCUT2D eigenvalue weighted by atomic mass is 79.9. The van der Waals surface area contributed by atoms with Crippen LogP contribution in [0.25, 0.3) is 0 Å². The van der Waals surface area contributed by atoms with E-state index in [-0.39, 0.29) is 27.1 Å². The van der Waals surface area contributed by atoms with Crippen LogP contribution in [0.4, 0.5) is 0 Å². The Bertz CT molecular complexity index is 1190. The fourth-order valence-electron chi connectivity index (χ4n) is 5.57. The van der Waals surface area contributed by atoms with Gasteiger partial charge in [-0.15, -0.1) is 0 Å². The van der Waals surface area contributed by atoms with Gasteiger partial charge in [0.2, 0.25) is 0 Å². The highest BCUT2D eigenvalue weighted by Crippen LogP contribution is 2.60.